The lowest BCUT2D eigenvalue weighted by atomic mass is 9.97. The largest absolute Gasteiger partial charge is 0.346 e. The van der Waals surface area contributed by atoms with Gasteiger partial charge in [-0.2, -0.15) is 0 Å². The normalized spacial score (nSPS) is 28.7. The van der Waals surface area contributed by atoms with E-state index in [1.165, 1.54) is 6.21 Å². The average Bonchev–Trinajstić information content (AvgIpc) is 3.31. The summed E-state index contributed by atoms with van der Waals surface area (Å²) in [7, 11) is 4.20. The summed E-state index contributed by atoms with van der Waals surface area (Å²) in [5.74, 6) is -0.456. The number of nitrogens with two attached hydrogens (primary N) is 2. The third kappa shape index (κ3) is 7.69. The number of amides is 1. The number of hydrogen-bond donors (Lipinski definition) is 4. The fraction of sp³-hybridized carbons (Fsp3) is 0.840. The van der Waals surface area contributed by atoms with E-state index in [1.807, 2.05) is 4.90 Å². The Bertz CT molecular complexity index is 762. The van der Waals surface area contributed by atoms with Gasteiger partial charge in [-0.3, -0.25) is 19.6 Å². The Labute approximate surface area is 216 Å². The molecule has 206 valence electrons. The minimum atomic E-state index is -1.15. The van der Waals surface area contributed by atoms with Crippen molar-refractivity contribution in [2.75, 3.05) is 66.5 Å². The van der Waals surface area contributed by atoms with Gasteiger partial charge in [-0.1, -0.05) is 20.3 Å². The van der Waals surface area contributed by atoms with E-state index in [2.05, 4.69) is 64.6 Å². The highest BCUT2D eigenvalue weighted by atomic mass is 19.1. The molecule has 3 aliphatic heterocycles. The predicted octanol–water partition coefficient (Wildman–Crippen LogP) is -0.211. The molecule has 0 aliphatic carbocycles. The maximum Gasteiger partial charge on any atom is 0.230 e. The minimum absolute atomic E-state index is 0.196. The number of aliphatic imine (C=N–C) groups is 1. The maximum absolute atomic E-state index is 14.1. The molecule has 5 unspecified atom stereocenters. The molecule has 36 heavy (non-hydrogen) atoms. The quantitative estimate of drug-likeness (QED) is 0.267. The van der Waals surface area contributed by atoms with Crippen molar-refractivity contribution >= 4 is 12.1 Å². The van der Waals surface area contributed by atoms with E-state index in [0.717, 1.165) is 57.7 Å². The molecule has 0 spiro atoms. The van der Waals surface area contributed by atoms with Gasteiger partial charge in [0.2, 0.25) is 5.91 Å². The van der Waals surface area contributed by atoms with Gasteiger partial charge in [0, 0.05) is 45.5 Å². The average molecular weight is 510 g/mol. The Morgan fingerprint density at radius 1 is 1.31 bits per heavy atom. The topological polar surface area (TPSA) is 118 Å². The molecule has 6 N–H and O–H groups in total. The number of alkyl halides is 1. The van der Waals surface area contributed by atoms with Gasteiger partial charge in [-0.05, 0) is 52.0 Å². The summed E-state index contributed by atoms with van der Waals surface area (Å²) >= 11 is 0. The van der Waals surface area contributed by atoms with E-state index in [9.17, 15) is 9.18 Å². The van der Waals surface area contributed by atoms with Crippen LogP contribution in [-0.4, -0.2) is 123 Å². The van der Waals surface area contributed by atoms with Crippen LogP contribution in [0.5, 0.6) is 0 Å². The first-order valence-corrected chi connectivity index (χ1v) is 13.5. The van der Waals surface area contributed by atoms with Gasteiger partial charge in [-0.15, -0.1) is 0 Å². The lowest BCUT2D eigenvalue weighted by molar-refractivity contribution is -0.129. The zero-order chi connectivity index (χ0) is 26.2. The van der Waals surface area contributed by atoms with Crippen molar-refractivity contribution in [1.29, 1.82) is 0 Å². The molecule has 10 nitrogen and oxygen atoms in total. The Morgan fingerprint density at radius 2 is 2.08 bits per heavy atom. The molecular weight excluding hydrogens is 461 g/mol. The van der Waals surface area contributed by atoms with E-state index < -0.39 is 24.4 Å². The van der Waals surface area contributed by atoms with E-state index in [1.54, 1.807) is 0 Å². The highest BCUT2D eigenvalue weighted by molar-refractivity contribution is 5.81. The molecular formula is C25H48FN9O. The number of carbonyl (C=O) groups excluding carboxylic acids is 1. The van der Waals surface area contributed by atoms with Crippen molar-refractivity contribution in [2.24, 2.45) is 28.3 Å². The Balaban J connectivity index is 1.74. The summed E-state index contributed by atoms with van der Waals surface area (Å²) < 4.78 is 14.1. The van der Waals surface area contributed by atoms with Crippen LogP contribution in [-0.2, 0) is 4.79 Å². The highest BCUT2D eigenvalue weighted by Crippen LogP contribution is 2.24. The lowest BCUT2D eigenvalue weighted by Crippen LogP contribution is -2.61. The Kier molecular flexibility index (Phi) is 11.1. The molecule has 0 radical (unpaired) electrons. The summed E-state index contributed by atoms with van der Waals surface area (Å²) in [5, 5.41) is 5.45. The van der Waals surface area contributed by atoms with E-state index in [0.29, 0.717) is 19.0 Å². The van der Waals surface area contributed by atoms with Gasteiger partial charge in [0.1, 0.15) is 18.3 Å². The molecule has 3 heterocycles. The summed E-state index contributed by atoms with van der Waals surface area (Å²) in [6.07, 6.45) is 3.85. The number of halogens is 1. The number of hydrazine groups is 1. The minimum Gasteiger partial charge on any atom is -0.346 e. The number of nitrogens with zero attached hydrogens (tertiary/aromatic N) is 5. The van der Waals surface area contributed by atoms with Crippen molar-refractivity contribution in [3.05, 3.63) is 11.8 Å². The van der Waals surface area contributed by atoms with Crippen LogP contribution >= 0.6 is 0 Å². The first kappa shape index (κ1) is 28.9. The summed E-state index contributed by atoms with van der Waals surface area (Å²) in [5.41, 5.74) is 16.9. The van der Waals surface area contributed by atoms with Crippen LogP contribution in [0.2, 0.25) is 0 Å². The fourth-order valence-corrected chi connectivity index (χ4v) is 5.26. The number of nitrogens with one attached hydrogen (secondary N) is 2. The van der Waals surface area contributed by atoms with Gasteiger partial charge in [0.15, 0.2) is 0 Å². The van der Waals surface area contributed by atoms with Crippen LogP contribution in [0.4, 0.5) is 4.39 Å². The first-order valence-electron chi connectivity index (χ1n) is 13.5. The number of rotatable bonds is 12. The molecule has 1 saturated heterocycles. The highest BCUT2D eigenvalue weighted by Gasteiger charge is 2.40. The zero-order valence-electron chi connectivity index (χ0n) is 22.6. The van der Waals surface area contributed by atoms with Crippen molar-refractivity contribution < 1.29 is 9.18 Å². The maximum atomic E-state index is 14.1. The molecule has 0 aromatic heterocycles. The first-order chi connectivity index (χ1) is 17.2. The summed E-state index contributed by atoms with van der Waals surface area (Å²) in [6.45, 7) is 10.4. The van der Waals surface area contributed by atoms with Crippen LogP contribution < -0.4 is 22.2 Å². The predicted molar refractivity (Wildman–Crippen MR) is 143 cm³/mol. The van der Waals surface area contributed by atoms with E-state index in [-0.39, 0.29) is 18.5 Å². The van der Waals surface area contributed by atoms with Crippen molar-refractivity contribution in [2.45, 2.75) is 57.7 Å². The van der Waals surface area contributed by atoms with E-state index >= 15 is 0 Å². The smallest absolute Gasteiger partial charge is 0.230 e. The Morgan fingerprint density at radius 3 is 2.75 bits per heavy atom. The van der Waals surface area contributed by atoms with E-state index in [4.69, 9.17) is 11.5 Å². The number of hydrogen-bond acceptors (Lipinski definition) is 9. The molecule has 1 amide bonds. The third-order valence-electron chi connectivity index (χ3n) is 7.45. The van der Waals surface area contributed by atoms with Crippen LogP contribution in [0.25, 0.3) is 0 Å². The second-order valence-electron chi connectivity index (χ2n) is 10.7. The van der Waals surface area contributed by atoms with Gasteiger partial charge in [-0.25, -0.2) is 9.82 Å². The lowest BCUT2D eigenvalue weighted by Gasteiger charge is -2.40. The second-order valence-corrected chi connectivity index (χ2v) is 10.7. The number of carbonyl (C=O) groups is 1. The van der Waals surface area contributed by atoms with Crippen molar-refractivity contribution in [3.63, 3.8) is 0 Å². The van der Waals surface area contributed by atoms with Crippen LogP contribution in [0.1, 0.15) is 33.1 Å². The summed E-state index contributed by atoms with van der Waals surface area (Å²) in [4.78, 5) is 24.5. The molecule has 0 aromatic carbocycles. The zero-order valence-corrected chi connectivity index (χ0v) is 22.6. The fourth-order valence-electron chi connectivity index (χ4n) is 5.26. The second kappa shape index (κ2) is 13.8. The SMILES string of the molecule is CCCCN1CC(F)C=NC1C(C(=O)NC1CN(CC)CC=C1N1CC(CCN(C)C)CN1)C(N)N. The molecule has 3 rings (SSSR count). The number of unbranched alkanes of at least 4 members (excludes halogenated alkanes) is 1. The molecule has 11 heteroatoms. The Hall–Kier alpha value is -1.63. The molecule has 3 aliphatic rings. The standard InChI is InChI=1S/C25H48FN9O/c1-5-7-10-34-16-19(26)14-29-24(34)22(23(27)28)25(36)31-20-17-33(6-2)12-9-21(20)35-15-18(13-30-35)8-11-32(3)4/h9,14,18-20,22-24,30H,5-8,10-13,15-17,27-28H2,1-4H3,(H,31,36). The van der Waals surface area contributed by atoms with Gasteiger partial charge in [0.05, 0.1) is 17.9 Å². The molecule has 0 saturated carbocycles. The van der Waals surface area contributed by atoms with Gasteiger partial charge >= 0.3 is 0 Å². The third-order valence-corrected chi connectivity index (χ3v) is 7.45. The van der Waals surface area contributed by atoms with Crippen molar-refractivity contribution in [3.8, 4) is 0 Å². The van der Waals surface area contributed by atoms with Crippen LogP contribution in [0.15, 0.2) is 16.8 Å². The summed E-state index contributed by atoms with van der Waals surface area (Å²) in [6, 6.07) is -0.196. The van der Waals surface area contributed by atoms with Crippen LogP contribution in [0.3, 0.4) is 0 Å². The van der Waals surface area contributed by atoms with Gasteiger partial charge in [0.25, 0.3) is 0 Å². The van der Waals surface area contributed by atoms with Crippen LogP contribution in [0, 0.1) is 11.8 Å². The monoisotopic (exact) mass is 509 g/mol. The number of likely N-dealkylation sites (N-methyl/N-ethyl adjacent to an activating group) is 1. The molecule has 0 aromatic rings. The molecule has 0 bridgehead atoms. The van der Waals surface area contributed by atoms with Crippen molar-refractivity contribution in [1.82, 2.24) is 30.5 Å². The molecule has 1 fully saturated rings. The molecule has 5 atom stereocenters. The van der Waals surface area contributed by atoms with Gasteiger partial charge < -0.3 is 26.7 Å².